The van der Waals surface area contributed by atoms with Crippen molar-refractivity contribution >= 4 is 24.2 Å². The molecule has 11 nitrogen and oxygen atoms in total. The predicted octanol–water partition coefficient (Wildman–Crippen LogP) is 3.01. The summed E-state index contributed by atoms with van der Waals surface area (Å²) in [6.07, 6.45) is 2.89. The molecule has 2 amide bonds. The van der Waals surface area contributed by atoms with Crippen molar-refractivity contribution in [3.63, 3.8) is 0 Å². The molecule has 0 saturated carbocycles. The van der Waals surface area contributed by atoms with Crippen LogP contribution in [0.25, 0.3) is 0 Å². The van der Waals surface area contributed by atoms with Gasteiger partial charge in [-0.2, -0.15) is 10.2 Å². The van der Waals surface area contributed by atoms with Gasteiger partial charge < -0.3 is 23.7 Å². The Hall–Kier alpha value is -5.06. The van der Waals surface area contributed by atoms with Crippen LogP contribution in [0, 0.1) is 0 Å². The molecule has 0 heterocycles. The molecule has 0 radical (unpaired) electrons. The highest BCUT2D eigenvalue weighted by atomic mass is 16.5. The normalized spacial score (nSPS) is 10.7. The average molecular weight is 521 g/mol. The number of methoxy groups -OCH3 is 4. The minimum Gasteiger partial charge on any atom is -0.497 e. The van der Waals surface area contributed by atoms with Gasteiger partial charge in [0.25, 0.3) is 11.8 Å². The zero-order valence-corrected chi connectivity index (χ0v) is 21.4. The summed E-state index contributed by atoms with van der Waals surface area (Å²) < 4.78 is 26.5. The molecule has 38 heavy (non-hydrogen) atoms. The van der Waals surface area contributed by atoms with Gasteiger partial charge in [0.2, 0.25) is 0 Å². The minimum atomic E-state index is -0.520. The Morgan fingerprint density at radius 3 is 1.82 bits per heavy atom. The van der Waals surface area contributed by atoms with Gasteiger partial charge in [-0.1, -0.05) is 12.1 Å². The van der Waals surface area contributed by atoms with Crippen LogP contribution in [-0.4, -0.2) is 59.3 Å². The standard InChI is InChI=1S/C27H28N4O7/c1-34-20-11-9-18(24(13-20)36-3)15-28-30-26(32)17-38-23-8-6-5-7-22(23)27(33)31-29-16-19-10-12-21(35-2)14-25(19)37-4/h5-16H,17H2,1-4H3,(H,30,32)(H,31,33). The molecule has 0 aliphatic rings. The number of carbonyl (C=O) groups excluding carboxylic acids is 2. The van der Waals surface area contributed by atoms with E-state index in [1.807, 2.05) is 0 Å². The van der Waals surface area contributed by atoms with E-state index in [4.69, 9.17) is 23.7 Å². The molecule has 0 saturated heterocycles. The molecule has 0 atom stereocenters. The highest BCUT2D eigenvalue weighted by molar-refractivity contribution is 5.97. The molecule has 0 aliphatic heterocycles. The summed E-state index contributed by atoms with van der Waals surface area (Å²) in [6, 6.07) is 16.9. The first-order chi connectivity index (χ1) is 18.5. The van der Waals surface area contributed by atoms with Gasteiger partial charge in [0.15, 0.2) is 6.61 Å². The van der Waals surface area contributed by atoms with Gasteiger partial charge in [-0.3, -0.25) is 9.59 Å². The fourth-order valence-electron chi connectivity index (χ4n) is 3.20. The van der Waals surface area contributed by atoms with Crippen molar-refractivity contribution in [1.29, 1.82) is 0 Å². The fourth-order valence-corrected chi connectivity index (χ4v) is 3.20. The Balaban J connectivity index is 1.57. The van der Waals surface area contributed by atoms with Crippen LogP contribution in [-0.2, 0) is 4.79 Å². The highest BCUT2D eigenvalue weighted by Crippen LogP contribution is 2.24. The summed E-state index contributed by atoms with van der Waals surface area (Å²) in [7, 11) is 6.15. The molecule has 3 rings (SSSR count). The average Bonchev–Trinajstić information content (AvgIpc) is 2.96. The quantitative estimate of drug-likeness (QED) is 0.277. The Bertz CT molecular complexity index is 1320. The predicted molar refractivity (Wildman–Crippen MR) is 142 cm³/mol. The van der Waals surface area contributed by atoms with Crippen molar-refractivity contribution in [2.75, 3.05) is 35.0 Å². The van der Waals surface area contributed by atoms with Crippen LogP contribution in [0.5, 0.6) is 28.7 Å². The van der Waals surface area contributed by atoms with Crippen molar-refractivity contribution in [1.82, 2.24) is 10.9 Å². The lowest BCUT2D eigenvalue weighted by Gasteiger charge is -2.10. The maximum Gasteiger partial charge on any atom is 0.277 e. The topological polar surface area (TPSA) is 129 Å². The molecule has 0 bridgehead atoms. The van der Waals surface area contributed by atoms with E-state index in [9.17, 15) is 9.59 Å². The van der Waals surface area contributed by atoms with E-state index >= 15 is 0 Å². The van der Waals surface area contributed by atoms with Crippen LogP contribution in [0.4, 0.5) is 0 Å². The molecule has 11 heteroatoms. The van der Waals surface area contributed by atoms with Crippen LogP contribution in [0.2, 0.25) is 0 Å². The van der Waals surface area contributed by atoms with Gasteiger partial charge in [0, 0.05) is 23.3 Å². The number of carbonyl (C=O) groups is 2. The SMILES string of the molecule is COc1ccc(C=NNC(=O)COc2ccccc2C(=O)NN=Cc2ccc(OC)cc2OC)c(OC)c1. The van der Waals surface area contributed by atoms with E-state index in [1.54, 1.807) is 74.9 Å². The van der Waals surface area contributed by atoms with E-state index in [0.29, 0.717) is 34.1 Å². The first kappa shape index (κ1) is 27.5. The Kier molecular flexibility index (Phi) is 10.1. The second kappa shape index (κ2) is 13.9. The summed E-state index contributed by atoms with van der Waals surface area (Å²) in [5, 5.41) is 7.92. The van der Waals surface area contributed by atoms with Crippen LogP contribution in [0.15, 0.2) is 70.9 Å². The maximum atomic E-state index is 12.7. The molecule has 198 valence electrons. The van der Waals surface area contributed by atoms with Crippen molar-refractivity contribution in [2.45, 2.75) is 0 Å². The Morgan fingerprint density at radius 1 is 0.711 bits per heavy atom. The number of benzene rings is 3. The molecule has 3 aromatic carbocycles. The molecule has 0 aliphatic carbocycles. The van der Waals surface area contributed by atoms with Gasteiger partial charge in [-0.05, 0) is 36.4 Å². The fraction of sp³-hybridized carbons (Fsp3) is 0.185. The number of nitrogens with one attached hydrogen (secondary N) is 2. The summed E-state index contributed by atoms with van der Waals surface area (Å²) in [4.78, 5) is 24.9. The third kappa shape index (κ3) is 7.47. The third-order valence-corrected chi connectivity index (χ3v) is 5.13. The maximum absolute atomic E-state index is 12.7. The van der Waals surface area contributed by atoms with Crippen LogP contribution in [0.1, 0.15) is 21.5 Å². The number of nitrogens with zero attached hydrogens (tertiary/aromatic N) is 2. The summed E-state index contributed by atoms with van der Waals surface area (Å²) in [6.45, 7) is -0.367. The first-order valence-electron chi connectivity index (χ1n) is 11.3. The van der Waals surface area contributed by atoms with Gasteiger partial charge >= 0.3 is 0 Å². The Labute approximate surface area is 220 Å². The third-order valence-electron chi connectivity index (χ3n) is 5.13. The van der Waals surface area contributed by atoms with Crippen molar-refractivity contribution in [3.05, 3.63) is 77.4 Å². The first-order valence-corrected chi connectivity index (χ1v) is 11.3. The minimum absolute atomic E-state index is 0.200. The number of hydrogen-bond donors (Lipinski definition) is 2. The molecule has 3 aromatic rings. The molecule has 0 spiro atoms. The summed E-state index contributed by atoms with van der Waals surface area (Å²) in [5.41, 5.74) is 6.30. The van der Waals surface area contributed by atoms with Crippen LogP contribution in [0.3, 0.4) is 0 Å². The highest BCUT2D eigenvalue weighted by Gasteiger charge is 2.13. The lowest BCUT2D eigenvalue weighted by molar-refractivity contribution is -0.123. The van der Waals surface area contributed by atoms with Crippen molar-refractivity contribution in [2.24, 2.45) is 10.2 Å². The molecule has 0 aromatic heterocycles. The molecular weight excluding hydrogens is 492 g/mol. The second-order valence-corrected chi connectivity index (χ2v) is 7.49. The van der Waals surface area contributed by atoms with E-state index in [1.165, 1.54) is 26.6 Å². The van der Waals surface area contributed by atoms with E-state index in [2.05, 4.69) is 21.1 Å². The van der Waals surface area contributed by atoms with Crippen molar-refractivity contribution in [3.8, 4) is 28.7 Å². The monoisotopic (exact) mass is 520 g/mol. The van der Waals surface area contributed by atoms with E-state index in [-0.39, 0.29) is 17.9 Å². The number of rotatable bonds is 12. The molecule has 0 fully saturated rings. The number of hydrogen-bond acceptors (Lipinski definition) is 9. The zero-order chi connectivity index (χ0) is 27.3. The second-order valence-electron chi connectivity index (χ2n) is 7.49. The number of ether oxygens (including phenoxy) is 5. The van der Waals surface area contributed by atoms with E-state index < -0.39 is 11.8 Å². The molecular formula is C27H28N4O7. The zero-order valence-electron chi connectivity index (χ0n) is 21.4. The van der Waals surface area contributed by atoms with Crippen LogP contribution < -0.4 is 34.5 Å². The lowest BCUT2D eigenvalue weighted by atomic mass is 10.2. The lowest BCUT2D eigenvalue weighted by Crippen LogP contribution is -2.26. The molecule has 0 unspecified atom stereocenters. The largest absolute Gasteiger partial charge is 0.497 e. The van der Waals surface area contributed by atoms with Crippen molar-refractivity contribution < 1.29 is 33.3 Å². The summed E-state index contributed by atoms with van der Waals surface area (Å²) in [5.74, 6) is 1.49. The van der Waals surface area contributed by atoms with Gasteiger partial charge in [-0.25, -0.2) is 10.9 Å². The van der Waals surface area contributed by atoms with Crippen LogP contribution >= 0.6 is 0 Å². The van der Waals surface area contributed by atoms with Gasteiger partial charge in [0.05, 0.1) is 46.4 Å². The number of para-hydroxylation sites is 1. The summed E-state index contributed by atoms with van der Waals surface area (Å²) >= 11 is 0. The molecule has 2 N–H and O–H groups in total. The smallest absolute Gasteiger partial charge is 0.277 e. The Morgan fingerprint density at radius 2 is 1.26 bits per heavy atom. The number of hydrazone groups is 2. The number of amides is 2. The van der Waals surface area contributed by atoms with Gasteiger partial charge in [0.1, 0.15) is 28.7 Å². The van der Waals surface area contributed by atoms with Gasteiger partial charge in [-0.15, -0.1) is 0 Å². The van der Waals surface area contributed by atoms with E-state index in [0.717, 1.165) is 0 Å².